The molecule has 1 aromatic carbocycles. The number of tetrazole rings is 1. The zero-order valence-electron chi connectivity index (χ0n) is 9.51. The van der Waals surface area contributed by atoms with Crippen molar-refractivity contribution in [3.8, 4) is 0 Å². The third kappa shape index (κ3) is 2.57. The molecule has 0 saturated heterocycles. The van der Waals surface area contributed by atoms with Crippen molar-refractivity contribution in [2.24, 2.45) is 0 Å². The van der Waals surface area contributed by atoms with Crippen LogP contribution in [0.2, 0.25) is 5.02 Å². The van der Waals surface area contributed by atoms with Crippen LogP contribution < -0.4 is 11.1 Å². The fourth-order valence-corrected chi connectivity index (χ4v) is 1.68. The zero-order chi connectivity index (χ0) is 13.1. The Hall–Kier alpha value is -2.15. The van der Waals surface area contributed by atoms with Gasteiger partial charge in [-0.05, 0) is 25.1 Å². The van der Waals surface area contributed by atoms with E-state index in [0.717, 1.165) is 0 Å². The summed E-state index contributed by atoms with van der Waals surface area (Å²) in [6.07, 6.45) is 0. The van der Waals surface area contributed by atoms with Gasteiger partial charge in [-0.15, -0.1) is 10.2 Å². The Kier molecular flexibility index (Phi) is 3.42. The van der Waals surface area contributed by atoms with Crippen LogP contribution in [0, 0.1) is 0 Å². The van der Waals surface area contributed by atoms with Gasteiger partial charge in [-0.25, -0.2) is 0 Å². The summed E-state index contributed by atoms with van der Waals surface area (Å²) in [5, 5.41) is 16.3. The molecule has 0 spiro atoms. The third-order valence-corrected chi connectivity index (χ3v) is 2.65. The van der Waals surface area contributed by atoms with Crippen LogP contribution in [0.25, 0.3) is 0 Å². The molecule has 18 heavy (non-hydrogen) atoms. The first-order valence-electron chi connectivity index (χ1n) is 5.17. The molecule has 8 heteroatoms. The first-order chi connectivity index (χ1) is 8.58. The second-order valence-electron chi connectivity index (χ2n) is 3.70. The highest BCUT2D eigenvalue weighted by molar-refractivity contribution is 6.34. The molecule has 1 heterocycles. The van der Waals surface area contributed by atoms with Crippen molar-refractivity contribution >= 4 is 23.2 Å². The molecule has 7 nitrogen and oxygen atoms in total. The van der Waals surface area contributed by atoms with Crippen LogP contribution in [0.3, 0.4) is 0 Å². The number of nitrogens with one attached hydrogen (secondary N) is 2. The molecular formula is C10H11ClN6O. The van der Waals surface area contributed by atoms with Gasteiger partial charge in [0.1, 0.15) is 0 Å². The highest BCUT2D eigenvalue weighted by Gasteiger charge is 2.16. The van der Waals surface area contributed by atoms with Crippen molar-refractivity contribution in [1.82, 2.24) is 25.9 Å². The summed E-state index contributed by atoms with van der Waals surface area (Å²) >= 11 is 5.94. The molecule has 0 saturated carbocycles. The van der Waals surface area contributed by atoms with Gasteiger partial charge in [0.25, 0.3) is 5.91 Å². The minimum atomic E-state index is -0.370. The standard InChI is InChI=1S/C10H11ClN6O/c1-5(9-14-16-17-15-9)13-10(18)7-3-2-6(12)4-8(7)11/h2-5H,12H2,1H3,(H,13,18)(H,14,15,16,17). The van der Waals surface area contributed by atoms with Crippen molar-refractivity contribution < 1.29 is 4.79 Å². The van der Waals surface area contributed by atoms with Crippen LogP contribution in [0.4, 0.5) is 5.69 Å². The summed E-state index contributed by atoms with van der Waals surface area (Å²) in [5.41, 5.74) is 6.41. The summed E-state index contributed by atoms with van der Waals surface area (Å²) < 4.78 is 0. The van der Waals surface area contributed by atoms with Gasteiger partial charge >= 0.3 is 0 Å². The Morgan fingerprint density at radius 2 is 2.33 bits per heavy atom. The molecule has 0 aliphatic rings. The van der Waals surface area contributed by atoms with E-state index in [1.165, 1.54) is 6.07 Å². The van der Waals surface area contributed by atoms with E-state index in [9.17, 15) is 4.79 Å². The zero-order valence-corrected chi connectivity index (χ0v) is 10.3. The number of carbonyl (C=O) groups excluding carboxylic acids is 1. The van der Waals surface area contributed by atoms with E-state index in [-0.39, 0.29) is 11.9 Å². The predicted molar refractivity (Wildman–Crippen MR) is 65.9 cm³/mol. The van der Waals surface area contributed by atoms with Crippen LogP contribution in [-0.4, -0.2) is 26.5 Å². The number of rotatable bonds is 3. The number of nitrogens with zero attached hydrogens (tertiary/aromatic N) is 3. The van der Waals surface area contributed by atoms with Crippen LogP contribution >= 0.6 is 11.6 Å². The predicted octanol–water partition coefficient (Wildman–Crippen LogP) is 0.926. The quantitative estimate of drug-likeness (QED) is 0.716. The number of halogens is 1. The fraction of sp³-hybridized carbons (Fsp3) is 0.200. The number of aromatic nitrogens is 4. The largest absolute Gasteiger partial charge is 0.399 e. The lowest BCUT2D eigenvalue weighted by Crippen LogP contribution is -2.27. The number of nitrogen functional groups attached to an aromatic ring is 1. The molecule has 1 unspecified atom stereocenters. The number of hydrogen-bond acceptors (Lipinski definition) is 5. The lowest BCUT2D eigenvalue weighted by Gasteiger charge is -2.11. The van der Waals surface area contributed by atoms with Gasteiger partial charge in [0.15, 0.2) is 5.82 Å². The molecule has 0 bridgehead atoms. The van der Waals surface area contributed by atoms with Crippen molar-refractivity contribution in [2.45, 2.75) is 13.0 Å². The van der Waals surface area contributed by atoms with Gasteiger partial charge in [0, 0.05) is 5.69 Å². The van der Waals surface area contributed by atoms with E-state index in [1.807, 2.05) is 0 Å². The number of aromatic amines is 1. The Labute approximate surface area is 108 Å². The van der Waals surface area contributed by atoms with E-state index in [4.69, 9.17) is 17.3 Å². The maximum atomic E-state index is 12.0. The molecule has 2 aromatic rings. The lowest BCUT2D eigenvalue weighted by molar-refractivity contribution is 0.0938. The van der Waals surface area contributed by atoms with Gasteiger partial charge in [0.2, 0.25) is 0 Å². The van der Waals surface area contributed by atoms with E-state index in [0.29, 0.717) is 22.1 Å². The number of anilines is 1. The molecule has 0 fully saturated rings. The molecule has 4 N–H and O–H groups in total. The SMILES string of the molecule is CC(NC(=O)c1ccc(N)cc1Cl)c1nn[nH]n1. The molecule has 0 radical (unpaired) electrons. The van der Waals surface area contributed by atoms with Crippen LogP contribution in [0.1, 0.15) is 29.1 Å². The summed E-state index contributed by atoms with van der Waals surface area (Å²) in [6, 6.07) is 4.33. The third-order valence-electron chi connectivity index (χ3n) is 2.33. The second-order valence-corrected chi connectivity index (χ2v) is 4.11. The number of hydrogen-bond donors (Lipinski definition) is 3. The minimum Gasteiger partial charge on any atom is -0.399 e. The van der Waals surface area contributed by atoms with E-state index < -0.39 is 0 Å². The first kappa shape index (κ1) is 12.3. The number of nitrogens with two attached hydrogens (primary N) is 1. The molecule has 94 valence electrons. The van der Waals surface area contributed by atoms with Crippen LogP contribution in [-0.2, 0) is 0 Å². The van der Waals surface area contributed by atoms with Crippen molar-refractivity contribution in [1.29, 1.82) is 0 Å². The first-order valence-corrected chi connectivity index (χ1v) is 5.55. The van der Waals surface area contributed by atoms with Crippen molar-refractivity contribution in [3.63, 3.8) is 0 Å². The van der Waals surface area contributed by atoms with Gasteiger partial charge < -0.3 is 11.1 Å². The Morgan fingerprint density at radius 3 is 2.94 bits per heavy atom. The molecular weight excluding hydrogens is 256 g/mol. The van der Waals surface area contributed by atoms with E-state index in [1.54, 1.807) is 19.1 Å². The summed E-state index contributed by atoms with van der Waals surface area (Å²) in [7, 11) is 0. The molecule has 2 rings (SSSR count). The molecule has 1 amide bonds. The average molecular weight is 267 g/mol. The lowest BCUT2D eigenvalue weighted by atomic mass is 10.2. The highest BCUT2D eigenvalue weighted by atomic mass is 35.5. The maximum absolute atomic E-state index is 12.0. The topological polar surface area (TPSA) is 110 Å². The summed E-state index contributed by atoms with van der Waals surface area (Å²) in [5.74, 6) is 0.0761. The number of amides is 1. The van der Waals surface area contributed by atoms with E-state index >= 15 is 0 Å². The monoisotopic (exact) mass is 266 g/mol. The molecule has 1 atom stereocenters. The minimum absolute atomic E-state index is 0.299. The maximum Gasteiger partial charge on any atom is 0.253 e. The van der Waals surface area contributed by atoms with E-state index in [2.05, 4.69) is 25.9 Å². The van der Waals surface area contributed by atoms with Crippen molar-refractivity contribution in [2.75, 3.05) is 5.73 Å². The Morgan fingerprint density at radius 1 is 1.56 bits per heavy atom. The number of carbonyl (C=O) groups is 1. The summed E-state index contributed by atoms with van der Waals surface area (Å²) in [4.78, 5) is 12.0. The average Bonchev–Trinajstić information content (AvgIpc) is 2.81. The second kappa shape index (κ2) is 5.01. The van der Waals surface area contributed by atoms with Gasteiger partial charge in [-0.2, -0.15) is 5.21 Å². The molecule has 0 aliphatic heterocycles. The van der Waals surface area contributed by atoms with Crippen LogP contribution in [0.5, 0.6) is 0 Å². The smallest absolute Gasteiger partial charge is 0.253 e. The van der Waals surface area contributed by atoms with Gasteiger partial charge in [-0.3, -0.25) is 4.79 Å². The Balaban J connectivity index is 2.12. The fourth-order valence-electron chi connectivity index (χ4n) is 1.41. The highest BCUT2D eigenvalue weighted by Crippen LogP contribution is 2.19. The van der Waals surface area contributed by atoms with Crippen molar-refractivity contribution in [3.05, 3.63) is 34.6 Å². The Bertz CT molecular complexity index is 556. The van der Waals surface area contributed by atoms with Gasteiger partial charge in [0.05, 0.1) is 16.6 Å². The van der Waals surface area contributed by atoms with Gasteiger partial charge in [-0.1, -0.05) is 16.8 Å². The normalized spacial score (nSPS) is 12.1. The number of H-pyrrole nitrogens is 1. The number of benzene rings is 1. The molecule has 1 aromatic heterocycles. The van der Waals surface area contributed by atoms with Crippen LogP contribution in [0.15, 0.2) is 18.2 Å². The summed E-state index contributed by atoms with van der Waals surface area (Å²) in [6.45, 7) is 1.74. The molecule has 0 aliphatic carbocycles.